The average molecular weight is 329 g/mol. The smallest absolute Gasteiger partial charge is 0.171 e. The third-order valence-electron chi connectivity index (χ3n) is 2.78. The monoisotopic (exact) mass is 328 g/mol. The molecule has 2 rings (SSSR count). The predicted molar refractivity (Wildman–Crippen MR) is 71.1 cm³/mol. The summed E-state index contributed by atoms with van der Waals surface area (Å²) >= 11 is 3.05. The Kier molecular flexibility index (Phi) is 4.17. The summed E-state index contributed by atoms with van der Waals surface area (Å²) in [7, 11) is 1.34. The van der Waals surface area contributed by atoms with Crippen LogP contribution < -0.4 is 4.74 Å². The van der Waals surface area contributed by atoms with E-state index in [2.05, 4.69) is 15.9 Å². The van der Waals surface area contributed by atoms with Gasteiger partial charge in [0.15, 0.2) is 11.6 Å². The van der Waals surface area contributed by atoms with E-state index in [1.54, 1.807) is 6.07 Å². The molecular formula is C14H11BrF2O2. The quantitative estimate of drug-likeness (QED) is 0.928. The Labute approximate surface area is 117 Å². The normalized spacial score (nSPS) is 12.3. The zero-order valence-electron chi connectivity index (χ0n) is 10.0. The molecule has 19 heavy (non-hydrogen) atoms. The third-order valence-corrected chi connectivity index (χ3v) is 3.62. The minimum atomic E-state index is -1.28. The summed E-state index contributed by atoms with van der Waals surface area (Å²) < 4.78 is 32.4. The van der Waals surface area contributed by atoms with E-state index in [-0.39, 0.29) is 21.3 Å². The molecular weight excluding hydrogens is 318 g/mol. The van der Waals surface area contributed by atoms with E-state index in [9.17, 15) is 13.9 Å². The van der Waals surface area contributed by atoms with Crippen molar-refractivity contribution in [3.05, 3.63) is 63.6 Å². The number of benzene rings is 2. The molecule has 0 radical (unpaired) electrons. The fourth-order valence-corrected chi connectivity index (χ4v) is 2.28. The molecule has 0 aromatic heterocycles. The summed E-state index contributed by atoms with van der Waals surface area (Å²) in [5.74, 6) is -1.14. The molecule has 0 saturated heterocycles. The fraction of sp³-hybridized carbons (Fsp3) is 0.143. The number of rotatable bonds is 3. The summed E-state index contributed by atoms with van der Waals surface area (Å²) in [6.07, 6.45) is -1.28. The molecule has 2 aromatic rings. The van der Waals surface area contributed by atoms with Crippen LogP contribution in [-0.2, 0) is 0 Å². The van der Waals surface area contributed by atoms with Crippen molar-refractivity contribution in [2.45, 2.75) is 6.10 Å². The van der Waals surface area contributed by atoms with Gasteiger partial charge in [-0.3, -0.25) is 0 Å². The van der Waals surface area contributed by atoms with Crippen LogP contribution in [0.5, 0.6) is 5.75 Å². The number of hydrogen-bond acceptors (Lipinski definition) is 2. The maximum atomic E-state index is 14.0. The van der Waals surface area contributed by atoms with Crippen molar-refractivity contribution < 1.29 is 18.6 Å². The SMILES string of the molecule is COc1cccc(C(O)c2cccc(F)c2Br)c1F. The summed E-state index contributed by atoms with van der Waals surface area (Å²) in [6.45, 7) is 0. The molecule has 1 N–H and O–H groups in total. The van der Waals surface area contributed by atoms with Crippen LogP contribution in [0.4, 0.5) is 8.78 Å². The predicted octanol–water partition coefficient (Wildman–Crippen LogP) is 3.82. The van der Waals surface area contributed by atoms with Crippen molar-refractivity contribution in [3.63, 3.8) is 0 Å². The lowest BCUT2D eigenvalue weighted by atomic mass is 10.0. The minimum Gasteiger partial charge on any atom is -0.494 e. The average Bonchev–Trinajstić information content (AvgIpc) is 2.41. The van der Waals surface area contributed by atoms with Crippen LogP contribution in [-0.4, -0.2) is 12.2 Å². The summed E-state index contributed by atoms with van der Waals surface area (Å²) in [6, 6.07) is 8.68. The van der Waals surface area contributed by atoms with Crippen molar-refractivity contribution in [1.29, 1.82) is 0 Å². The second kappa shape index (κ2) is 5.67. The molecule has 1 unspecified atom stereocenters. The van der Waals surface area contributed by atoms with Gasteiger partial charge in [0.25, 0.3) is 0 Å². The van der Waals surface area contributed by atoms with Gasteiger partial charge in [0.2, 0.25) is 0 Å². The molecule has 100 valence electrons. The Hall–Kier alpha value is -1.46. The Morgan fingerprint density at radius 3 is 2.42 bits per heavy atom. The van der Waals surface area contributed by atoms with E-state index in [0.29, 0.717) is 0 Å². The van der Waals surface area contributed by atoms with Crippen LogP contribution in [0.15, 0.2) is 40.9 Å². The van der Waals surface area contributed by atoms with Crippen LogP contribution in [0.2, 0.25) is 0 Å². The summed E-state index contributed by atoms with van der Waals surface area (Å²) in [5, 5.41) is 10.2. The van der Waals surface area contributed by atoms with Gasteiger partial charge in [0, 0.05) is 11.1 Å². The number of halogens is 3. The van der Waals surface area contributed by atoms with E-state index in [1.165, 1.54) is 37.4 Å². The number of methoxy groups -OCH3 is 1. The highest BCUT2D eigenvalue weighted by atomic mass is 79.9. The van der Waals surface area contributed by atoms with Crippen molar-refractivity contribution >= 4 is 15.9 Å². The minimum absolute atomic E-state index is 0.0316. The highest BCUT2D eigenvalue weighted by Crippen LogP contribution is 2.33. The number of aliphatic hydroxyl groups is 1. The van der Waals surface area contributed by atoms with Gasteiger partial charge in [-0.25, -0.2) is 8.78 Å². The van der Waals surface area contributed by atoms with Crippen LogP contribution in [0, 0.1) is 11.6 Å². The molecule has 0 spiro atoms. The third kappa shape index (κ3) is 2.62. The van der Waals surface area contributed by atoms with Crippen molar-refractivity contribution in [1.82, 2.24) is 0 Å². The second-order valence-corrected chi connectivity index (χ2v) is 4.70. The summed E-state index contributed by atoms with van der Waals surface area (Å²) in [5.41, 5.74) is 0.290. The van der Waals surface area contributed by atoms with E-state index in [1.807, 2.05) is 0 Å². The molecule has 0 heterocycles. The first kappa shape index (κ1) is 14.0. The highest BCUT2D eigenvalue weighted by molar-refractivity contribution is 9.10. The zero-order chi connectivity index (χ0) is 14.0. The largest absolute Gasteiger partial charge is 0.494 e. The first-order chi connectivity index (χ1) is 9.06. The van der Waals surface area contributed by atoms with Gasteiger partial charge in [-0.15, -0.1) is 0 Å². The molecule has 0 fully saturated rings. The van der Waals surface area contributed by atoms with Gasteiger partial charge < -0.3 is 9.84 Å². The number of hydrogen-bond donors (Lipinski definition) is 1. The lowest BCUT2D eigenvalue weighted by molar-refractivity contribution is 0.212. The van der Waals surface area contributed by atoms with Gasteiger partial charge in [-0.05, 0) is 28.1 Å². The Balaban J connectivity index is 2.50. The van der Waals surface area contributed by atoms with Crippen molar-refractivity contribution in [3.8, 4) is 5.75 Å². The Morgan fingerprint density at radius 1 is 1.11 bits per heavy atom. The van der Waals surface area contributed by atoms with E-state index in [0.717, 1.165) is 0 Å². The molecule has 0 aliphatic heterocycles. The standard InChI is InChI=1S/C14H11BrF2O2/c1-19-11-7-3-5-9(13(11)17)14(18)8-4-2-6-10(16)12(8)15/h2-7,14,18H,1H3. The lowest BCUT2D eigenvalue weighted by Crippen LogP contribution is -2.05. The van der Waals surface area contributed by atoms with E-state index >= 15 is 0 Å². The van der Waals surface area contributed by atoms with Gasteiger partial charge >= 0.3 is 0 Å². The fourth-order valence-electron chi connectivity index (χ4n) is 1.80. The Bertz CT molecular complexity index is 602. The van der Waals surface area contributed by atoms with Crippen LogP contribution in [0.1, 0.15) is 17.2 Å². The molecule has 1 atom stereocenters. The highest BCUT2D eigenvalue weighted by Gasteiger charge is 2.21. The molecule has 0 aliphatic rings. The molecule has 0 saturated carbocycles. The maximum absolute atomic E-state index is 14.0. The van der Waals surface area contributed by atoms with Crippen LogP contribution >= 0.6 is 15.9 Å². The topological polar surface area (TPSA) is 29.5 Å². The van der Waals surface area contributed by atoms with Crippen molar-refractivity contribution in [2.24, 2.45) is 0 Å². The zero-order valence-corrected chi connectivity index (χ0v) is 11.6. The van der Waals surface area contributed by atoms with Gasteiger partial charge in [0.1, 0.15) is 11.9 Å². The molecule has 0 aliphatic carbocycles. The first-order valence-electron chi connectivity index (χ1n) is 5.50. The second-order valence-electron chi connectivity index (χ2n) is 3.91. The number of ether oxygens (including phenoxy) is 1. The Morgan fingerprint density at radius 2 is 1.74 bits per heavy atom. The number of aliphatic hydroxyl groups excluding tert-OH is 1. The van der Waals surface area contributed by atoms with Crippen LogP contribution in [0.25, 0.3) is 0 Å². The van der Waals surface area contributed by atoms with E-state index < -0.39 is 17.7 Å². The molecule has 0 amide bonds. The molecule has 5 heteroatoms. The van der Waals surface area contributed by atoms with Gasteiger partial charge in [0.05, 0.1) is 11.6 Å². The molecule has 2 aromatic carbocycles. The van der Waals surface area contributed by atoms with E-state index in [4.69, 9.17) is 4.74 Å². The summed E-state index contributed by atoms with van der Waals surface area (Å²) in [4.78, 5) is 0. The maximum Gasteiger partial charge on any atom is 0.171 e. The van der Waals surface area contributed by atoms with Gasteiger partial charge in [-0.1, -0.05) is 24.3 Å². The molecule has 0 bridgehead atoms. The van der Waals surface area contributed by atoms with Crippen LogP contribution in [0.3, 0.4) is 0 Å². The first-order valence-corrected chi connectivity index (χ1v) is 6.30. The lowest BCUT2D eigenvalue weighted by Gasteiger charge is -2.15. The van der Waals surface area contributed by atoms with Gasteiger partial charge in [-0.2, -0.15) is 0 Å². The molecule has 2 nitrogen and oxygen atoms in total. The van der Waals surface area contributed by atoms with Crippen molar-refractivity contribution in [2.75, 3.05) is 7.11 Å².